The van der Waals surface area contributed by atoms with E-state index in [1.165, 1.54) is 0 Å². The first kappa shape index (κ1) is 16.7. The molecule has 0 aliphatic heterocycles. The van der Waals surface area contributed by atoms with Gasteiger partial charge < -0.3 is 9.47 Å². The molecule has 0 fully saturated rings. The van der Waals surface area contributed by atoms with Crippen LogP contribution in [0, 0.1) is 10.8 Å². The van der Waals surface area contributed by atoms with E-state index in [1.54, 1.807) is 20.8 Å². The first-order valence-corrected chi connectivity index (χ1v) is 7.27. The Bertz CT molecular complexity index is 438. The van der Waals surface area contributed by atoms with Crippen LogP contribution in [0.3, 0.4) is 0 Å². The molecule has 0 bridgehead atoms. The number of hydrogen-bond donors (Lipinski definition) is 0. The average molecular weight is 282 g/mol. The minimum Gasteiger partial charge on any atom is -0.466 e. The van der Waals surface area contributed by atoms with Gasteiger partial charge in [0.1, 0.15) is 5.41 Å². The van der Waals surface area contributed by atoms with Crippen LogP contribution in [0.2, 0.25) is 0 Å². The van der Waals surface area contributed by atoms with Gasteiger partial charge in [-0.15, -0.1) is 0 Å². The van der Waals surface area contributed by atoms with Gasteiger partial charge in [-0.05, 0) is 54.4 Å². The van der Waals surface area contributed by atoms with E-state index < -0.39 is 10.8 Å². The number of esters is 2. The Hall–Kier alpha value is -1.32. The van der Waals surface area contributed by atoms with E-state index in [2.05, 4.69) is 0 Å². The van der Waals surface area contributed by atoms with Crippen molar-refractivity contribution in [2.24, 2.45) is 10.8 Å². The predicted octanol–water partition coefficient (Wildman–Crippen LogP) is 3.26. The van der Waals surface area contributed by atoms with Crippen molar-refractivity contribution in [3.05, 3.63) is 11.1 Å². The molecule has 0 saturated heterocycles. The van der Waals surface area contributed by atoms with Gasteiger partial charge in [0.25, 0.3) is 0 Å². The van der Waals surface area contributed by atoms with Gasteiger partial charge in [0.2, 0.25) is 0 Å². The van der Waals surface area contributed by atoms with E-state index in [-0.39, 0.29) is 11.9 Å². The second kappa shape index (κ2) is 5.98. The maximum atomic E-state index is 12.5. The largest absolute Gasteiger partial charge is 0.466 e. The molecule has 0 aromatic carbocycles. The summed E-state index contributed by atoms with van der Waals surface area (Å²) in [6.07, 6.45) is 1.40. The van der Waals surface area contributed by atoms with Gasteiger partial charge in [-0.1, -0.05) is 11.1 Å². The number of rotatable bonds is 4. The summed E-state index contributed by atoms with van der Waals surface area (Å²) in [7, 11) is 0. The Morgan fingerprint density at radius 1 is 1.05 bits per heavy atom. The predicted molar refractivity (Wildman–Crippen MR) is 77.1 cm³/mol. The molecule has 0 N–H and O–H groups in total. The van der Waals surface area contributed by atoms with Crippen molar-refractivity contribution in [2.45, 2.75) is 54.4 Å². The fourth-order valence-corrected chi connectivity index (χ4v) is 2.97. The molecule has 1 aliphatic rings. The highest BCUT2D eigenvalue weighted by Gasteiger charge is 2.59. The molecule has 1 aliphatic carbocycles. The highest BCUT2D eigenvalue weighted by Crippen LogP contribution is 2.54. The van der Waals surface area contributed by atoms with Gasteiger partial charge in [0, 0.05) is 0 Å². The van der Waals surface area contributed by atoms with Crippen LogP contribution in [0.4, 0.5) is 0 Å². The van der Waals surface area contributed by atoms with Crippen LogP contribution in [0.15, 0.2) is 11.1 Å². The van der Waals surface area contributed by atoms with E-state index in [1.807, 2.05) is 20.8 Å². The van der Waals surface area contributed by atoms with Crippen molar-refractivity contribution < 1.29 is 19.1 Å². The van der Waals surface area contributed by atoms with Crippen molar-refractivity contribution in [3.63, 3.8) is 0 Å². The summed E-state index contributed by atoms with van der Waals surface area (Å²) in [5, 5.41) is 0. The molecule has 20 heavy (non-hydrogen) atoms. The van der Waals surface area contributed by atoms with Crippen molar-refractivity contribution in [1.82, 2.24) is 0 Å². The van der Waals surface area contributed by atoms with Crippen LogP contribution in [0.1, 0.15) is 54.4 Å². The Morgan fingerprint density at radius 3 is 2.05 bits per heavy atom. The van der Waals surface area contributed by atoms with Gasteiger partial charge in [0.05, 0.1) is 18.6 Å². The molecule has 0 aromatic heterocycles. The molecule has 0 spiro atoms. The van der Waals surface area contributed by atoms with Gasteiger partial charge in [0.15, 0.2) is 0 Å². The second-order valence-corrected chi connectivity index (χ2v) is 5.80. The van der Waals surface area contributed by atoms with Crippen LogP contribution < -0.4 is 0 Å². The molecule has 4 heteroatoms. The lowest BCUT2D eigenvalue weighted by molar-refractivity contribution is -0.176. The van der Waals surface area contributed by atoms with E-state index in [0.29, 0.717) is 19.6 Å². The summed E-state index contributed by atoms with van der Waals surface area (Å²) < 4.78 is 10.5. The number of carbonyl (C=O) groups is 2. The average Bonchev–Trinajstić information content (AvgIpc) is 2.41. The monoisotopic (exact) mass is 282 g/mol. The molecule has 0 radical (unpaired) electrons. The van der Waals surface area contributed by atoms with Crippen LogP contribution in [-0.4, -0.2) is 25.2 Å². The quantitative estimate of drug-likeness (QED) is 0.586. The zero-order chi connectivity index (χ0) is 15.6. The van der Waals surface area contributed by atoms with Gasteiger partial charge >= 0.3 is 11.9 Å². The molecular weight excluding hydrogens is 256 g/mol. The van der Waals surface area contributed by atoms with Crippen LogP contribution in [-0.2, 0) is 19.1 Å². The molecule has 1 rings (SSSR count). The van der Waals surface area contributed by atoms with Gasteiger partial charge in [-0.2, -0.15) is 0 Å². The topological polar surface area (TPSA) is 52.6 Å². The minimum atomic E-state index is -0.961. The van der Waals surface area contributed by atoms with Crippen LogP contribution in [0.5, 0.6) is 0 Å². The van der Waals surface area contributed by atoms with Crippen molar-refractivity contribution in [1.29, 1.82) is 0 Å². The van der Waals surface area contributed by atoms with E-state index in [4.69, 9.17) is 9.47 Å². The van der Waals surface area contributed by atoms with E-state index in [9.17, 15) is 9.59 Å². The fraction of sp³-hybridized carbons (Fsp3) is 0.750. The molecule has 0 aromatic rings. The summed E-state index contributed by atoms with van der Waals surface area (Å²) in [4.78, 5) is 25.0. The smallest absolute Gasteiger partial charge is 0.317 e. The first-order chi connectivity index (χ1) is 9.25. The van der Waals surface area contributed by atoms with E-state index >= 15 is 0 Å². The van der Waals surface area contributed by atoms with Crippen LogP contribution in [0.25, 0.3) is 0 Å². The van der Waals surface area contributed by atoms with Crippen molar-refractivity contribution >= 4 is 11.9 Å². The molecular formula is C16H26O4. The fourth-order valence-electron chi connectivity index (χ4n) is 2.97. The number of allylic oxidation sites excluding steroid dienone is 1. The summed E-state index contributed by atoms with van der Waals surface area (Å²) in [6, 6.07) is 0. The third kappa shape index (κ3) is 2.36. The zero-order valence-electron chi connectivity index (χ0n) is 13.5. The zero-order valence-corrected chi connectivity index (χ0v) is 13.5. The molecule has 0 heterocycles. The molecule has 4 nitrogen and oxygen atoms in total. The normalized spacial score (nSPS) is 30.1. The summed E-state index contributed by atoms with van der Waals surface area (Å²) in [6.45, 7) is 11.7. The lowest BCUT2D eigenvalue weighted by Crippen LogP contribution is -2.53. The number of ether oxygens (including phenoxy) is 2. The first-order valence-electron chi connectivity index (χ1n) is 7.27. The lowest BCUT2D eigenvalue weighted by Gasteiger charge is -2.47. The molecule has 0 saturated carbocycles. The molecule has 0 amide bonds. The third-order valence-corrected chi connectivity index (χ3v) is 4.90. The second-order valence-electron chi connectivity index (χ2n) is 5.80. The minimum absolute atomic E-state index is 0.305. The molecule has 114 valence electrons. The summed E-state index contributed by atoms with van der Waals surface area (Å²) in [5.74, 6) is -0.658. The maximum absolute atomic E-state index is 12.5. The Balaban J connectivity index is 3.36. The highest BCUT2D eigenvalue weighted by molar-refractivity contribution is 5.91. The maximum Gasteiger partial charge on any atom is 0.317 e. The Kier molecular flexibility index (Phi) is 5.00. The van der Waals surface area contributed by atoms with Crippen molar-refractivity contribution in [3.8, 4) is 0 Å². The summed E-state index contributed by atoms with van der Waals surface area (Å²) in [5.41, 5.74) is 0.247. The number of hydrogen-bond acceptors (Lipinski definition) is 4. The standard InChI is InChI=1S/C16H26O4/c1-7-19-13(17)15(5)10-9-11(3)12(4)16(15,6)14(18)20-8-2/h7-10H2,1-6H3. The SMILES string of the molecule is CCOC(=O)C1(C)CCC(C)=C(C)C1(C)C(=O)OCC. The van der Waals surface area contributed by atoms with E-state index in [0.717, 1.165) is 17.6 Å². The molecule has 2 unspecified atom stereocenters. The third-order valence-electron chi connectivity index (χ3n) is 4.90. The van der Waals surface area contributed by atoms with Crippen molar-refractivity contribution in [2.75, 3.05) is 13.2 Å². The number of carbonyl (C=O) groups excluding carboxylic acids is 2. The lowest BCUT2D eigenvalue weighted by atomic mass is 9.55. The highest BCUT2D eigenvalue weighted by atomic mass is 16.5. The van der Waals surface area contributed by atoms with Crippen LogP contribution >= 0.6 is 0 Å². The van der Waals surface area contributed by atoms with Gasteiger partial charge in [-0.25, -0.2) is 0 Å². The molecule has 2 atom stereocenters. The van der Waals surface area contributed by atoms with Gasteiger partial charge in [-0.3, -0.25) is 9.59 Å². The Labute approximate surface area is 121 Å². The summed E-state index contributed by atoms with van der Waals surface area (Å²) >= 11 is 0. The Morgan fingerprint density at radius 2 is 1.55 bits per heavy atom.